The number of nitrogens with one attached hydrogen (secondary N) is 1. The van der Waals surface area contributed by atoms with Crippen molar-refractivity contribution in [1.29, 1.82) is 0 Å². The van der Waals surface area contributed by atoms with Gasteiger partial charge < -0.3 is 5.32 Å². The molecule has 1 amide bonds. The van der Waals surface area contributed by atoms with Gasteiger partial charge in [0.15, 0.2) is 0 Å². The highest BCUT2D eigenvalue weighted by atomic mass is 35.5. The maximum absolute atomic E-state index is 12.2. The third-order valence-electron chi connectivity index (χ3n) is 3.52. The summed E-state index contributed by atoms with van der Waals surface area (Å²) < 4.78 is 1.49. The molecule has 0 spiro atoms. The van der Waals surface area contributed by atoms with E-state index < -0.39 is 4.92 Å². The Morgan fingerprint density at radius 1 is 1.33 bits per heavy atom. The first-order valence-corrected chi connectivity index (χ1v) is 9.02. The van der Waals surface area contributed by atoms with Gasteiger partial charge >= 0.3 is 0 Å². The van der Waals surface area contributed by atoms with Gasteiger partial charge in [-0.25, -0.2) is 0 Å². The summed E-state index contributed by atoms with van der Waals surface area (Å²) in [5, 5.41) is 25.9. The highest BCUT2D eigenvalue weighted by Crippen LogP contribution is 2.23. The molecule has 0 bridgehead atoms. The van der Waals surface area contributed by atoms with E-state index in [1.165, 1.54) is 22.9 Å². The van der Waals surface area contributed by atoms with Crippen molar-refractivity contribution < 1.29 is 9.72 Å². The van der Waals surface area contributed by atoms with Crippen LogP contribution in [0.4, 0.5) is 11.4 Å². The number of nitrogens with zero attached hydrogens (tertiary/aromatic N) is 5. The van der Waals surface area contributed by atoms with Crippen molar-refractivity contribution in [3.05, 3.63) is 63.2 Å². The average molecular weight is 405 g/mol. The van der Waals surface area contributed by atoms with E-state index in [9.17, 15) is 14.9 Å². The van der Waals surface area contributed by atoms with Crippen LogP contribution >= 0.6 is 23.4 Å². The van der Waals surface area contributed by atoms with E-state index in [0.717, 1.165) is 11.8 Å². The normalized spacial score (nSPS) is 10.6. The Morgan fingerprint density at radius 3 is 2.85 bits per heavy atom. The molecule has 0 radical (unpaired) electrons. The fourth-order valence-corrected chi connectivity index (χ4v) is 3.13. The molecule has 0 aliphatic carbocycles. The SMILES string of the molecule is Cc1cc([N+](=O)[O-])ccc1NC(=O)CSc1nnnn1-c1cccc(Cl)c1. The monoisotopic (exact) mass is 404 g/mol. The molecule has 0 saturated carbocycles. The second kappa shape index (κ2) is 8.14. The lowest BCUT2D eigenvalue weighted by molar-refractivity contribution is -0.384. The minimum Gasteiger partial charge on any atom is -0.325 e. The summed E-state index contributed by atoms with van der Waals surface area (Å²) in [4.78, 5) is 22.5. The molecule has 0 fully saturated rings. The minimum atomic E-state index is -0.482. The van der Waals surface area contributed by atoms with Gasteiger partial charge in [0.2, 0.25) is 11.1 Å². The number of carbonyl (C=O) groups excluding carboxylic acids is 1. The van der Waals surface area contributed by atoms with E-state index in [1.54, 1.807) is 31.2 Å². The summed E-state index contributed by atoms with van der Waals surface area (Å²) in [6.45, 7) is 1.69. The molecule has 0 atom stereocenters. The van der Waals surface area contributed by atoms with Gasteiger partial charge in [0.05, 0.1) is 16.4 Å². The van der Waals surface area contributed by atoms with Crippen molar-refractivity contribution in [2.45, 2.75) is 12.1 Å². The largest absolute Gasteiger partial charge is 0.325 e. The molecule has 2 aromatic carbocycles. The maximum atomic E-state index is 12.2. The summed E-state index contributed by atoms with van der Waals surface area (Å²) >= 11 is 7.14. The van der Waals surface area contributed by atoms with Crippen LogP contribution in [0.25, 0.3) is 5.69 Å². The number of thioether (sulfide) groups is 1. The second-order valence-corrected chi connectivity index (χ2v) is 6.83. The maximum Gasteiger partial charge on any atom is 0.269 e. The van der Waals surface area contributed by atoms with Crippen LogP contribution in [0.15, 0.2) is 47.6 Å². The Hall–Kier alpha value is -2.98. The van der Waals surface area contributed by atoms with Crippen LogP contribution in [0, 0.1) is 17.0 Å². The second-order valence-electron chi connectivity index (χ2n) is 5.45. The quantitative estimate of drug-likeness (QED) is 0.380. The Morgan fingerprint density at radius 2 is 2.15 bits per heavy atom. The average Bonchev–Trinajstić information content (AvgIpc) is 3.10. The fraction of sp³-hybridized carbons (Fsp3) is 0.125. The van der Waals surface area contributed by atoms with Gasteiger partial charge in [0, 0.05) is 22.8 Å². The van der Waals surface area contributed by atoms with E-state index in [4.69, 9.17) is 11.6 Å². The standard InChI is InChI=1S/C16H13ClN6O3S/c1-10-7-13(23(25)26)5-6-14(10)18-15(24)9-27-16-19-20-21-22(16)12-4-2-3-11(17)8-12/h2-8H,9H2,1H3,(H,18,24). The lowest BCUT2D eigenvalue weighted by Gasteiger charge is -2.08. The number of benzene rings is 2. The number of rotatable bonds is 6. The Labute approximate surface area is 162 Å². The van der Waals surface area contributed by atoms with Crippen molar-refractivity contribution in [3.63, 3.8) is 0 Å². The highest BCUT2D eigenvalue weighted by molar-refractivity contribution is 7.99. The molecule has 1 aromatic heterocycles. The van der Waals surface area contributed by atoms with Gasteiger partial charge in [-0.1, -0.05) is 29.4 Å². The predicted octanol–water partition coefficient (Wildman–Crippen LogP) is 3.26. The number of carbonyl (C=O) groups is 1. The number of nitro groups is 1. The smallest absolute Gasteiger partial charge is 0.269 e. The summed E-state index contributed by atoms with van der Waals surface area (Å²) in [6, 6.07) is 11.3. The third-order valence-corrected chi connectivity index (χ3v) is 4.68. The molecule has 3 aromatic rings. The number of hydrogen-bond acceptors (Lipinski definition) is 7. The van der Waals surface area contributed by atoms with Crippen molar-refractivity contribution in [1.82, 2.24) is 20.2 Å². The first-order chi connectivity index (χ1) is 12.9. The van der Waals surface area contributed by atoms with Crippen LogP contribution in [0.1, 0.15) is 5.56 Å². The molecule has 11 heteroatoms. The zero-order chi connectivity index (χ0) is 19.4. The number of aromatic nitrogens is 4. The minimum absolute atomic E-state index is 0.0272. The number of anilines is 1. The number of non-ortho nitro benzene ring substituents is 1. The van der Waals surface area contributed by atoms with E-state index >= 15 is 0 Å². The van der Waals surface area contributed by atoms with Gasteiger partial charge in [-0.2, -0.15) is 4.68 Å². The molecular weight excluding hydrogens is 392 g/mol. The summed E-state index contributed by atoms with van der Waals surface area (Å²) in [5.74, 6) is -0.213. The summed E-state index contributed by atoms with van der Waals surface area (Å²) in [5.41, 5.74) is 1.77. The Kier molecular flexibility index (Phi) is 5.67. The number of tetrazole rings is 1. The van der Waals surface area contributed by atoms with Gasteiger partial charge in [-0.3, -0.25) is 14.9 Å². The van der Waals surface area contributed by atoms with Crippen molar-refractivity contribution in [2.24, 2.45) is 0 Å². The van der Waals surface area contributed by atoms with Crippen LogP contribution in [0.2, 0.25) is 5.02 Å². The van der Waals surface area contributed by atoms with E-state index in [1.807, 2.05) is 0 Å². The van der Waals surface area contributed by atoms with Crippen LogP contribution in [0.5, 0.6) is 0 Å². The molecular formula is C16H13ClN6O3S. The van der Waals surface area contributed by atoms with E-state index in [2.05, 4.69) is 20.8 Å². The molecule has 27 heavy (non-hydrogen) atoms. The van der Waals surface area contributed by atoms with Crippen LogP contribution in [0.3, 0.4) is 0 Å². The molecule has 138 valence electrons. The summed E-state index contributed by atoms with van der Waals surface area (Å²) in [6.07, 6.45) is 0. The molecule has 0 aliphatic rings. The topological polar surface area (TPSA) is 116 Å². The number of aryl methyl sites for hydroxylation is 1. The van der Waals surface area contributed by atoms with Crippen LogP contribution in [-0.2, 0) is 4.79 Å². The van der Waals surface area contributed by atoms with Crippen molar-refractivity contribution in [3.8, 4) is 5.69 Å². The molecule has 1 N–H and O–H groups in total. The first-order valence-electron chi connectivity index (χ1n) is 7.66. The zero-order valence-corrected chi connectivity index (χ0v) is 15.6. The summed E-state index contributed by atoms with van der Waals surface area (Å²) in [7, 11) is 0. The molecule has 0 unspecified atom stereocenters. The number of hydrogen-bond donors (Lipinski definition) is 1. The van der Waals surface area contributed by atoms with Gasteiger partial charge in [0.25, 0.3) is 5.69 Å². The first kappa shape index (κ1) is 18.8. The van der Waals surface area contributed by atoms with Gasteiger partial charge in [-0.05, 0) is 47.2 Å². The highest BCUT2D eigenvalue weighted by Gasteiger charge is 2.14. The molecule has 0 saturated heterocycles. The zero-order valence-electron chi connectivity index (χ0n) is 14.0. The van der Waals surface area contributed by atoms with Crippen LogP contribution < -0.4 is 5.32 Å². The molecule has 0 aliphatic heterocycles. The lowest BCUT2D eigenvalue weighted by atomic mass is 10.2. The number of halogens is 1. The molecule has 1 heterocycles. The predicted molar refractivity (Wildman–Crippen MR) is 101 cm³/mol. The lowest BCUT2D eigenvalue weighted by Crippen LogP contribution is -2.15. The van der Waals surface area contributed by atoms with Crippen LogP contribution in [-0.4, -0.2) is 36.8 Å². The van der Waals surface area contributed by atoms with E-state index in [-0.39, 0.29) is 17.3 Å². The van der Waals surface area contributed by atoms with Gasteiger partial charge in [-0.15, -0.1) is 5.10 Å². The fourth-order valence-electron chi connectivity index (χ4n) is 2.26. The third kappa shape index (κ3) is 4.60. The molecule has 3 rings (SSSR count). The van der Waals surface area contributed by atoms with Gasteiger partial charge in [0.1, 0.15) is 0 Å². The Balaban J connectivity index is 1.65. The Bertz CT molecular complexity index is 1010. The van der Waals surface area contributed by atoms with Crippen molar-refractivity contribution >= 4 is 40.6 Å². The van der Waals surface area contributed by atoms with Crippen molar-refractivity contribution in [2.75, 3.05) is 11.1 Å². The molecule has 9 nitrogen and oxygen atoms in total. The number of nitro benzene ring substituents is 1. The van der Waals surface area contributed by atoms with E-state index in [0.29, 0.717) is 27.1 Å². The number of amides is 1.